The van der Waals surface area contributed by atoms with Crippen LogP contribution in [-0.4, -0.2) is 27.6 Å². The molecule has 0 radical (unpaired) electrons. The predicted molar refractivity (Wildman–Crippen MR) is 110 cm³/mol. The molecule has 146 valence electrons. The van der Waals surface area contributed by atoms with Crippen molar-refractivity contribution in [3.8, 4) is 5.75 Å². The number of pyridine rings is 1. The van der Waals surface area contributed by atoms with Gasteiger partial charge in [0, 0.05) is 29.8 Å². The van der Waals surface area contributed by atoms with Gasteiger partial charge in [0.1, 0.15) is 12.3 Å². The lowest BCUT2D eigenvalue weighted by atomic mass is 9.93. The van der Waals surface area contributed by atoms with Crippen LogP contribution in [0, 0.1) is 6.92 Å². The second kappa shape index (κ2) is 7.92. The first-order chi connectivity index (χ1) is 13.6. The molecule has 0 aliphatic heterocycles. The van der Waals surface area contributed by atoms with E-state index in [1.807, 2.05) is 60.3 Å². The minimum Gasteiger partial charge on any atom is -0.490 e. The topological polar surface area (TPSA) is 82.2 Å². The minimum absolute atomic E-state index is 0.0591. The van der Waals surface area contributed by atoms with Gasteiger partial charge in [0.05, 0.1) is 17.0 Å². The van der Waals surface area contributed by atoms with Gasteiger partial charge in [0.25, 0.3) is 0 Å². The van der Waals surface area contributed by atoms with Crippen molar-refractivity contribution < 1.29 is 9.53 Å². The number of fused-ring (bicyclic) bond motifs is 1. The Bertz CT molecular complexity index is 960. The number of aromatic nitrogens is 2. The first-order valence-electron chi connectivity index (χ1n) is 9.81. The maximum Gasteiger partial charge on any atom is 0.240 e. The third kappa shape index (κ3) is 4.11. The Labute approximate surface area is 164 Å². The number of carbonyl (C=O) groups is 1. The van der Waals surface area contributed by atoms with Gasteiger partial charge in [0.15, 0.2) is 0 Å². The SMILES string of the molecule is Cc1cc(N)c2c(OC3CCC(NC(=O)Cn4cccc4)CC3)cccc2n1. The Morgan fingerprint density at radius 2 is 1.96 bits per heavy atom. The molecule has 3 N–H and O–H groups in total. The molecule has 0 unspecified atom stereocenters. The average Bonchev–Trinajstić information content (AvgIpc) is 3.16. The van der Waals surface area contributed by atoms with Gasteiger partial charge in [-0.05, 0) is 62.9 Å². The van der Waals surface area contributed by atoms with E-state index in [1.165, 1.54) is 0 Å². The van der Waals surface area contributed by atoms with Crippen molar-refractivity contribution in [2.75, 3.05) is 5.73 Å². The van der Waals surface area contributed by atoms with Gasteiger partial charge in [-0.1, -0.05) is 6.07 Å². The number of nitrogens with two attached hydrogens (primary N) is 1. The van der Waals surface area contributed by atoms with Crippen LogP contribution in [0.4, 0.5) is 5.69 Å². The van der Waals surface area contributed by atoms with Gasteiger partial charge < -0.3 is 20.4 Å². The zero-order valence-corrected chi connectivity index (χ0v) is 16.1. The summed E-state index contributed by atoms with van der Waals surface area (Å²) in [5.74, 6) is 0.853. The monoisotopic (exact) mass is 378 g/mol. The fourth-order valence-corrected chi connectivity index (χ4v) is 3.94. The second-order valence-corrected chi connectivity index (χ2v) is 7.52. The molecule has 6 nitrogen and oxygen atoms in total. The van der Waals surface area contributed by atoms with Crippen molar-refractivity contribution in [1.29, 1.82) is 0 Å². The molecular formula is C22H26N4O2. The zero-order valence-electron chi connectivity index (χ0n) is 16.1. The van der Waals surface area contributed by atoms with Crippen LogP contribution in [0.25, 0.3) is 10.9 Å². The summed E-state index contributed by atoms with van der Waals surface area (Å²) in [5, 5.41) is 4.03. The number of nitrogens with one attached hydrogen (secondary N) is 1. The highest BCUT2D eigenvalue weighted by Crippen LogP contribution is 2.33. The number of ether oxygens (including phenoxy) is 1. The number of nitrogen functional groups attached to an aromatic ring is 1. The number of aryl methyl sites for hydroxylation is 1. The second-order valence-electron chi connectivity index (χ2n) is 7.52. The van der Waals surface area contributed by atoms with Gasteiger partial charge in [0.2, 0.25) is 5.91 Å². The third-order valence-electron chi connectivity index (χ3n) is 5.28. The normalized spacial score (nSPS) is 19.5. The van der Waals surface area contributed by atoms with E-state index < -0.39 is 0 Å². The van der Waals surface area contributed by atoms with Crippen molar-refractivity contribution in [3.05, 3.63) is 54.5 Å². The van der Waals surface area contributed by atoms with E-state index in [4.69, 9.17) is 10.5 Å². The highest BCUT2D eigenvalue weighted by Gasteiger charge is 2.24. The molecule has 1 fully saturated rings. The van der Waals surface area contributed by atoms with Crippen molar-refractivity contribution in [1.82, 2.24) is 14.9 Å². The fourth-order valence-electron chi connectivity index (χ4n) is 3.94. The molecule has 0 spiro atoms. The summed E-state index contributed by atoms with van der Waals surface area (Å²) in [6.45, 7) is 2.31. The highest BCUT2D eigenvalue weighted by atomic mass is 16.5. The maximum atomic E-state index is 12.2. The summed E-state index contributed by atoms with van der Waals surface area (Å²) in [7, 11) is 0. The Hall–Kier alpha value is -3.02. The largest absolute Gasteiger partial charge is 0.490 e. The Morgan fingerprint density at radius 1 is 1.21 bits per heavy atom. The molecule has 1 amide bonds. The van der Waals surface area contributed by atoms with Crippen molar-refractivity contribution in [3.63, 3.8) is 0 Å². The molecule has 1 aliphatic rings. The molecule has 0 atom stereocenters. The summed E-state index contributed by atoms with van der Waals surface area (Å²) in [4.78, 5) is 16.7. The Morgan fingerprint density at radius 3 is 2.71 bits per heavy atom. The van der Waals surface area contributed by atoms with Gasteiger partial charge >= 0.3 is 0 Å². The van der Waals surface area contributed by atoms with Crippen LogP contribution in [0.5, 0.6) is 5.75 Å². The van der Waals surface area contributed by atoms with Gasteiger partial charge in [-0.3, -0.25) is 9.78 Å². The quantitative estimate of drug-likeness (QED) is 0.713. The number of rotatable bonds is 5. The molecule has 1 saturated carbocycles. The smallest absolute Gasteiger partial charge is 0.240 e. The molecular weight excluding hydrogens is 352 g/mol. The number of hydrogen-bond donors (Lipinski definition) is 2. The van der Waals surface area contributed by atoms with Crippen LogP contribution >= 0.6 is 0 Å². The fraction of sp³-hybridized carbons (Fsp3) is 0.364. The van der Waals surface area contributed by atoms with E-state index in [9.17, 15) is 4.79 Å². The number of hydrogen-bond acceptors (Lipinski definition) is 4. The maximum absolute atomic E-state index is 12.2. The van der Waals surface area contributed by atoms with Crippen LogP contribution in [0.2, 0.25) is 0 Å². The van der Waals surface area contributed by atoms with E-state index in [-0.39, 0.29) is 18.1 Å². The number of nitrogens with zero attached hydrogens (tertiary/aromatic N) is 2. The number of amides is 1. The van der Waals surface area contributed by atoms with Crippen LogP contribution in [0.1, 0.15) is 31.4 Å². The third-order valence-corrected chi connectivity index (χ3v) is 5.28. The lowest BCUT2D eigenvalue weighted by Gasteiger charge is -2.30. The molecule has 28 heavy (non-hydrogen) atoms. The molecule has 3 aromatic rings. The Kier molecular flexibility index (Phi) is 5.19. The van der Waals surface area contributed by atoms with Crippen LogP contribution < -0.4 is 15.8 Å². The predicted octanol–water partition coefficient (Wildman–Crippen LogP) is 3.43. The summed E-state index contributed by atoms with van der Waals surface area (Å²) >= 11 is 0. The van der Waals surface area contributed by atoms with E-state index >= 15 is 0 Å². The first-order valence-corrected chi connectivity index (χ1v) is 9.81. The summed E-state index contributed by atoms with van der Waals surface area (Å²) in [6.07, 6.45) is 7.57. The first kappa shape index (κ1) is 18.3. The van der Waals surface area contributed by atoms with Crippen LogP contribution in [-0.2, 0) is 11.3 Å². The van der Waals surface area contributed by atoms with Gasteiger partial charge in [-0.2, -0.15) is 0 Å². The van der Waals surface area contributed by atoms with Crippen LogP contribution in [0.15, 0.2) is 48.8 Å². The summed E-state index contributed by atoms with van der Waals surface area (Å²) < 4.78 is 8.17. The van der Waals surface area contributed by atoms with Crippen molar-refractivity contribution in [2.24, 2.45) is 0 Å². The standard InChI is InChI=1S/C22H26N4O2/c1-15-13-18(23)22-19(24-15)5-4-6-20(22)28-17-9-7-16(8-10-17)25-21(27)14-26-11-2-3-12-26/h2-6,11-13,16-17H,7-10,14H2,1H3,(H2,23,24)(H,25,27). The van der Waals surface area contributed by atoms with E-state index in [1.54, 1.807) is 0 Å². The lowest BCUT2D eigenvalue weighted by Crippen LogP contribution is -2.41. The number of anilines is 1. The Balaban J connectivity index is 1.35. The molecule has 0 saturated heterocycles. The minimum atomic E-state index is 0.0591. The molecule has 2 heterocycles. The van der Waals surface area contributed by atoms with Crippen molar-refractivity contribution >= 4 is 22.5 Å². The van der Waals surface area contributed by atoms with E-state index in [2.05, 4.69) is 10.3 Å². The molecule has 6 heteroatoms. The number of carbonyl (C=O) groups excluding carboxylic acids is 1. The van der Waals surface area contributed by atoms with Gasteiger partial charge in [-0.15, -0.1) is 0 Å². The number of benzene rings is 1. The average molecular weight is 378 g/mol. The van der Waals surface area contributed by atoms with E-state index in [0.29, 0.717) is 12.2 Å². The van der Waals surface area contributed by atoms with E-state index in [0.717, 1.165) is 48.0 Å². The highest BCUT2D eigenvalue weighted by molar-refractivity contribution is 5.95. The molecule has 1 aromatic carbocycles. The van der Waals surface area contributed by atoms with Crippen molar-refractivity contribution in [2.45, 2.75) is 51.3 Å². The molecule has 2 aromatic heterocycles. The lowest BCUT2D eigenvalue weighted by molar-refractivity contribution is -0.122. The zero-order chi connectivity index (χ0) is 19.5. The molecule has 4 rings (SSSR count). The van der Waals surface area contributed by atoms with Gasteiger partial charge in [-0.25, -0.2) is 0 Å². The summed E-state index contributed by atoms with van der Waals surface area (Å²) in [5.41, 5.74) is 8.69. The summed E-state index contributed by atoms with van der Waals surface area (Å²) in [6, 6.07) is 11.8. The van der Waals surface area contributed by atoms with Crippen LogP contribution in [0.3, 0.4) is 0 Å². The molecule has 1 aliphatic carbocycles. The molecule has 0 bridgehead atoms.